The summed E-state index contributed by atoms with van der Waals surface area (Å²) in [6, 6.07) is 11.8. The van der Waals surface area contributed by atoms with Crippen LogP contribution in [-0.4, -0.2) is 31.1 Å². The van der Waals surface area contributed by atoms with Gasteiger partial charge in [0, 0.05) is 24.0 Å². The van der Waals surface area contributed by atoms with E-state index in [4.69, 9.17) is 9.47 Å². The number of benzene rings is 2. The Kier molecular flexibility index (Phi) is 6.69. The lowest BCUT2D eigenvalue weighted by atomic mass is 10.1. The molecule has 1 aliphatic heterocycles. The molecule has 9 nitrogen and oxygen atoms in total. The summed E-state index contributed by atoms with van der Waals surface area (Å²) in [4.78, 5) is 37.4. The maximum atomic E-state index is 12.7. The van der Waals surface area contributed by atoms with Gasteiger partial charge in [0.2, 0.25) is 0 Å². The van der Waals surface area contributed by atoms with Gasteiger partial charge in [0.1, 0.15) is 5.70 Å². The van der Waals surface area contributed by atoms with Crippen LogP contribution in [0.25, 0.3) is 0 Å². The second-order valence-corrected chi connectivity index (χ2v) is 6.77. The molecule has 0 bridgehead atoms. The van der Waals surface area contributed by atoms with Gasteiger partial charge >= 0.3 is 11.9 Å². The number of nitrogens with one attached hydrogen (secondary N) is 1. The maximum absolute atomic E-state index is 12.7. The van der Waals surface area contributed by atoms with Crippen LogP contribution in [0.2, 0.25) is 0 Å². The van der Waals surface area contributed by atoms with Crippen molar-refractivity contribution in [3.8, 4) is 0 Å². The fourth-order valence-electron chi connectivity index (χ4n) is 3.17. The van der Waals surface area contributed by atoms with Crippen LogP contribution in [0.15, 0.2) is 78.2 Å². The number of esters is 2. The van der Waals surface area contributed by atoms with Crippen molar-refractivity contribution in [3.63, 3.8) is 0 Å². The van der Waals surface area contributed by atoms with Crippen molar-refractivity contribution >= 4 is 34.7 Å². The number of methoxy groups -OCH3 is 2. The number of carbonyl (C=O) groups is 2. The average molecular weight is 435 g/mol. The zero-order valence-electron chi connectivity index (χ0n) is 17.7. The second kappa shape index (κ2) is 9.61. The second-order valence-electron chi connectivity index (χ2n) is 6.77. The van der Waals surface area contributed by atoms with E-state index in [1.54, 1.807) is 12.2 Å². The Hall–Kier alpha value is -4.40. The van der Waals surface area contributed by atoms with Gasteiger partial charge < -0.3 is 19.7 Å². The number of allylic oxidation sites excluding steroid dienone is 2. The molecule has 0 aliphatic carbocycles. The van der Waals surface area contributed by atoms with Crippen LogP contribution < -0.4 is 10.2 Å². The molecular weight excluding hydrogens is 414 g/mol. The summed E-state index contributed by atoms with van der Waals surface area (Å²) in [6.07, 6.45) is 6.08. The molecule has 0 aromatic heterocycles. The molecule has 2 aromatic rings. The minimum atomic E-state index is -0.811. The van der Waals surface area contributed by atoms with Gasteiger partial charge in [-0.2, -0.15) is 0 Å². The Morgan fingerprint density at radius 3 is 2.44 bits per heavy atom. The van der Waals surface area contributed by atoms with Crippen LogP contribution in [0.3, 0.4) is 0 Å². The number of nitrogens with zero attached hydrogens (tertiary/aromatic N) is 2. The highest BCUT2D eigenvalue weighted by atomic mass is 16.6. The molecule has 0 unspecified atom stereocenters. The average Bonchev–Trinajstić information content (AvgIpc) is 3.01. The quantitative estimate of drug-likeness (QED) is 0.409. The summed E-state index contributed by atoms with van der Waals surface area (Å²) in [5.41, 5.74) is 2.11. The molecule has 0 saturated carbocycles. The van der Waals surface area contributed by atoms with Crippen LogP contribution in [0.4, 0.5) is 22.7 Å². The van der Waals surface area contributed by atoms with Crippen LogP contribution in [0.5, 0.6) is 0 Å². The minimum Gasteiger partial charge on any atom is -0.465 e. The molecule has 0 spiro atoms. The van der Waals surface area contributed by atoms with E-state index in [1.807, 2.05) is 31.2 Å². The number of hydrogen-bond donors (Lipinski definition) is 1. The number of aryl methyl sites for hydroxylation is 1. The van der Waals surface area contributed by atoms with Gasteiger partial charge in [0.05, 0.1) is 36.1 Å². The van der Waals surface area contributed by atoms with Crippen molar-refractivity contribution in [2.75, 3.05) is 24.4 Å². The van der Waals surface area contributed by atoms with Crippen LogP contribution in [0, 0.1) is 17.0 Å². The Morgan fingerprint density at radius 2 is 1.78 bits per heavy atom. The van der Waals surface area contributed by atoms with Crippen molar-refractivity contribution < 1.29 is 24.0 Å². The Bertz CT molecular complexity index is 1170. The first kappa shape index (κ1) is 22.3. The SMILES string of the molecule is COC(=O)C1=C(C(=O)OC)N(c2cc([N+](=O)[O-])ccc2Nc2cccc(C)c2)C=CC=C1. The summed E-state index contributed by atoms with van der Waals surface area (Å²) in [6.45, 7) is 1.94. The standard InChI is InChI=1S/C23H21N3O6/c1-15-7-6-8-16(13-15)24-19-11-10-17(26(29)30)14-20(19)25-12-5-4-9-18(22(27)31-2)21(25)23(28)32-3/h4-14,24H,1-3H3. The Labute approximate surface area is 184 Å². The number of ether oxygens (including phenoxy) is 2. The molecule has 0 atom stereocenters. The molecule has 1 aliphatic rings. The normalized spacial score (nSPS) is 12.9. The fraction of sp³-hybridized carbons (Fsp3) is 0.130. The van der Waals surface area contributed by atoms with Crippen LogP contribution in [0.1, 0.15) is 5.56 Å². The Balaban J connectivity index is 2.24. The van der Waals surface area contributed by atoms with Crippen molar-refractivity contribution in [2.45, 2.75) is 6.92 Å². The van der Waals surface area contributed by atoms with Crippen molar-refractivity contribution in [2.24, 2.45) is 0 Å². The minimum absolute atomic E-state index is 0.0580. The number of anilines is 3. The van der Waals surface area contributed by atoms with Gasteiger partial charge in [-0.25, -0.2) is 9.59 Å². The van der Waals surface area contributed by atoms with E-state index < -0.39 is 16.9 Å². The van der Waals surface area contributed by atoms with Gasteiger partial charge in [0.15, 0.2) is 0 Å². The van der Waals surface area contributed by atoms with E-state index in [-0.39, 0.29) is 22.6 Å². The molecule has 164 valence electrons. The molecule has 2 aromatic carbocycles. The van der Waals surface area contributed by atoms with E-state index in [0.29, 0.717) is 5.69 Å². The molecule has 0 fully saturated rings. The monoisotopic (exact) mass is 435 g/mol. The topological polar surface area (TPSA) is 111 Å². The highest BCUT2D eigenvalue weighted by Gasteiger charge is 2.29. The highest BCUT2D eigenvalue weighted by molar-refractivity contribution is 6.06. The maximum Gasteiger partial charge on any atom is 0.355 e. The van der Waals surface area contributed by atoms with Gasteiger partial charge in [-0.05, 0) is 42.8 Å². The molecular formula is C23H21N3O6. The number of non-ortho nitro benzene ring substituents is 1. The van der Waals surface area contributed by atoms with Crippen LogP contribution in [-0.2, 0) is 19.1 Å². The fourth-order valence-corrected chi connectivity index (χ4v) is 3.17. The highest BCUT2D eigenvalue weighted by Crippen LogP contribution is 2.37. The van der Waals surface area contributed by atoms with Gasteiger partial charge in [0.25, 0.3) is 5.69 Å². The number of nitro benzene ring substituents is 1. The zero-order chi connectivity index (χ0) is 23.3. The number of carbonyl (C=O) groups excluding carboxylic acids is 2. The van der Waals surface area contributed by atoms with E-state index in [1.165, 1.54) is 49.6 Å². The first-order valence-corrected chi connectivity index (χ1v) is 9.53. The third-order valence-corrected chi connectivity index (χ3v) is 4.64. The zero-order valence-corrected chi connectivity index (χ0v) is 17.7. The van der Waals surface area contributed by atoms with Crippen molar-refractivity contribution in [3.05, 3.63) is 93.8 Å². The van der Waals surface area contributed by atoms with Gasteiger partial charge in [-0.15, -0.1) is 0 Å². The molecule has 32 heavy (non-hydrogen) atoms. The smallest absolute Gasteiger partial charge is 0.355 e. The number of hydrogen-bond acceptors (Lipinski definition) is 8. The summed E-state index contributed by atoms with van der Waals surface area (Å²) in [5, 5.41) is 14.7. The third-order valence-electron chi connectivity index (χ3n) is 4.64. The Morgan fingerprint density at radius 1 is 1.03 bits per heavy atom. The molecule has 0 radical (unpaired) electrons. The van der Waals surface area contributed by atoms with Gasteiger partial charge in [-0.1, -0.05) is 18.2 Å². The van der Waals surface area contributed by atoms with E-state index >= 15 is 0 Å². The van der Waals surface area contributed by atoms with E-state index in [2.05, 4.69) is 5.32 Å². The van der Waals surface area contributed by atoms with Crippen molar-refractivity contribution in [1.82, 2.24) is 0 Å². The van der Waals surface area contributed by atoms with E-state index in [9.17, 15) is 19.7 Å². The third kappa shape index (κ3) is 4.67. The predicted molar refractivity (Wildman–Crippen MR) is 119 cm³/mol. The molecule has 1 heterocycles. The first-order chi connectivity index (χ1) is 15.3. The molecule has 1 N–H and O–H groups in total. The first-order valence-electron chi connectivity index (χ1n) is 9.53. The predicted octanol–water partition coefficient (Wildman–Crippen LogP) is 4.14. The van der Waals surface area contributed by atoms with Crippen LogP contribution >= 0.6 is 0 Å². The number of nitro groups is 1. The van der Waals surface area contributed by atoms with Crippen molar-refractivity contribution in [1.29, 1.82) is 0 Å². The largest absolute Gasteiger partial charge is 0.465 e. The molecule has 0 saturated heterocycles. The lowest BCUT2D eigenvalue weighted by Gasteiger charge is -2.25. The van der Waals surface area contributed by atoms with Gasteiger partial charge in [-0.3, -0.25) is 10.1 Å². The molecule has 3 rings (SSSR count). The summed E-state index contributed by atoms with van der Waals surface area (Å²) in [5.74, 6) is -1.57. The summed E-state index contributed by atoms with van der Waals surface area (Å²) < 4.78 is 9.73. The molecule has 9 heteroatoms. The van der Waals surface area contributed by atoms with E-state index in [0.717, 1.165) is 11.3 Å². The number of rotatable bonds is 6. The summed E-state index contributed by atoms with van der Waals surface area (Å²) in [7, 11) is 2.37. The summed E-state index contributed by atoms with van der Waals surface area (Å²) >= 11 is 0. The lowest BCUT2D eigenvalue weighted by molar-refractivity contribution is -0.384. The lowest BCUT2D eigenvalue weighted by Crippen LogP contribution is -2.27. The molecule has 0 amide bonds.